The normalized spacial score (nSPS) is 20.5. The molecule has 3 heterocycles. The molecule has 5 nitrogen and oxygen atoms in total. The van der Waals surface area contributed by atoms with Gasteiger partial charge >= 0.3 is 0 Å². The largest absolute Gasteiger partial charge is 0.382 e. The SMILES string of the molecule is CC1CN(C)CCCN1c1snc(N)c1-c1cccnc1. The standard InChI is InChI=1S/C15H21N5S/c1-11-10-19(2)7-4-8-20(11)15-13(14(16)18-21-15)12-5-3-6-17-9-12/h3,5-6,9,11H,4,7-8,10H2,1-2H3,(H2,16,18). The fraction of sp³-hybridized carbons (Fsp3) is 0.467. The van der Waals surface area contributed by atoms with Crippen molar-refractivity contribution in [3.63, 3.8) is 0 Å². The molecule has 1 saturated heterocycles. The molecule has 0 saturated carbocycles. The molecule has 0 spiro atoms. The van der Waals surface area contributed by atoms with Gasteiger partial charge in [0.05, 0.1) is 5.56 Å². The summed E-state index contributed by atoms with van der Waals surface area (Å²) in [5, 5.41) is 1.17. The quantitative estimate of drug-likeness (QED) is 0.922. The molecule has 0 radical (unpaired) electrons. The first-order valence-corrected chi connectivity index (χ1v) is 8.05. The molecule has 2 N–H and O–H groups in total. The van der Waals surface area contributed by atoms with Gasteiger partial charge in [0.1, 0.15) is 10.8 Å². The molecule has 0 aromatic carbocycles. The van der Waals surface area contributed by atoms with E-state index in [4.69, 9.17) is 5.73 Å². The Balaban J connectivity index is 1.99. The zero-order valence-electron chi connectivity index (χ0n) is 12.5. The van der Waals surface area contributed by atoms with Crippen molar-refractivity contribution in [2.24, 2.45) is 0 Å². The van der Waals surface area contributed by atoms with Crippen molar-refractivity contribution in [1.29, 1.82) is 0 Å². The van der Waals surface area contributed by atoms with Gasteiger partial charge in [0.2, 0.25) is 0 Å². The van der Waals surface area contributed by atoms with Gasteiger partial charge in [-0.25, -0.2) is 0 Å². The van der Waals surface area contributed by atoms with Crippen LogP contribution in [0, 0.1) is 0 Å². The molecule has 1 atom stereocenters. The molecular weight excluding hydrogens is 282 g/mol. The van der Waals surface area contributed by atoms with Crippen molar-refractivity contribution in [2.75, 3.05) is 37.3 Å². The van der Waals surface area contributed by atoms with Crippen molar-refractivity contribution in [3.8, 4) is 11.1 Å². The molecular formula is C15H21N5S. The van der Waals surface area contributed by atoms with E-state index in [1.54, 1.807) is 6.20 Å². The summed E-state index contributed by atoms with van der Waals surface area (Å²) in [5.41, 5.74) is 8.20. The second-order valence-electron chi connectivity index (χ2n) is 5.65. The van der Waals surface area contributed by atoms with Crippen LogP contribution in [0.15, 0.2) is 24.5 Å². The number of anilines is 2. The van der Waals surface area contributed by atoms with Gasteiger partial charge in [-0.2, -0.15) is 4.37 Å². The molecule has 112 valence electrons. The molecule has 1 unspecified atom stereocenters. The van der Waals surface area contributed by atoms with E-state index in [1.165, 1.54) is 16.5 Å². The lowest BCUT2D eigenvalue weighted by atomic mass is 10.1. The molecule has 2 aromatic heterocycles. The third-order valence-corrected chi connectivity index (χ3v) is 4.86. The van der Waals surface area contributed by atoms with Crippen LogP contribution in [-0.2, 0) is 0 Å². The molecule has 3 rings (SSSR count). The van der Waals surface area contributed by atoms with Crippen LogP contribution >= 0.6 is 11.5 Å². The van der Waals surface area contributed by atoms with Crippen molar-refractivity contribution >= 4 is 22.4 Å². The number of aromatic nitrogens is 2. The lowest BCUT2D eigenvalue weighted by Gasteiger charge is -2.29. The van der Waals surface area contributed by atoms with Crippen molar-refractivity contribution in [1.82, 2.24) is 14.3 Å². The Morgan fingerprint density at radius 1 is 1.38 bits per heavy atom. The van der Waals surface area contributed by atoms with Crippen LogP contribution in [-0.4, -0.2) is 47.0 Å². The zero-order valence-corrected chi connectivity index (χ0v) is 13.3. The van der Waals surface area contributed by atoms with Gasteiger partial charge < -0.3 is 15.5 Å². The predicted octanol–water partition coefficient (Wildman–Crippen LogP) is 2.32. The number of hydrogen-bond acceptors (Lipinski definition) is 6. The van der Waals surface area contributed by atoms with E-state index in [1.807, 2.05) is 18.3 Å². The van der Waals surface area contributed by atoms with Crippen molar-refractivity contribution < 1.29 is 0 Å². The highest BCUT2D eigenvalue weighted by Gasteiger charge is 2.25. The molecule has 2 aromatic rings. The fourth-order valence-corrected chi connectivity index (χ4v) is 3.91. The van der Waals surface area contributed by atoms with E-state index >= 15 is 0 Å². The number of nitrogens with two attached hydrogens (primary N) is 1. The summed E-state index contributed by atoms with van der Waals surface area (Å²) in [6, 6.07) is 4.44. The van der Waals surface area contributed by atoms with Crippen LogP contribution in [0.2, 0.25) is 0 Å². The summed E-state index contributed by atoms with van der Waals surface area (Å²) < 4.78 is 4.39. The number of likely N-dealkylation sites (N-methyl/N-ethyl adjacent to an activating group) is 1. The first-order valence-electron chi connectivity index (χ1n) is 7.27. The molecule has 0 aliphatic carbocycles. The summed E-state index contributed by atoms with van der Waals surface area (Å²) in [4.78, 5) is 9.04. The molecule has 1 aliphatic rings. The van der Waals surface area contributed by atoms with Gasteiger partial charge in [-0.3, -0.25) is 4.98 Å². The number of nitrogen functional groups attached to an aromatic ring is 1. The maximum absolute atomic E-state index is 6.13. The van der Waals surface area contributed by atoms with Crippen LogP contribution in [0.25, 0.3) is 11.1 Å². The van der Waals surface area contributed by atoms with Gasteiger partial charge in [0.25, 0.3) is 0 Å². The summed E-state index contributed by atoms with van der Waals surface area (Å²) in [6.07, 6.45) is 4.80. The molecule has 0 amide bonds. The molecule has 6 heteroatoms. The lowest BCUT2D eigenvalue weighted by molar-refractivity contribution is 0.337. The average Bonchev–Trinajstić information content (AvgIpc) is 2.77. The van der Waals surface area contributed by atoms with Crippen LogP contribution in [0.3, 0.4) is 0 Å². The highest BCUT2D eigenvalue weighted by molar-refractivity contribution is 7.11. The fourth-order valence-electron chi connectivity index (χ4n) is 2.95. The third kappa shape index (κ3) is 2.87. The Morgan fingerprint density at radius 3 is 3.00 bits per heavy atom. The van der Waals surface area contributed by atoms with Gasteiger partial charge in [0, 0.05) is 37.1 Å². The van der Waals surface area contributed by atoms with Gasteiger partial charge in [-0.05, 0) is 44.5 Å². The Morgan fingerprint density at radius 2 is 2.24 bits per heavy atom. The summed E-state index contributed by atoms with van der Waals surface area (Å²) >= 11 is 1.50. The topological polar surface area (TPSA) is 58.3 Å². The van der Waals surface area contributed by atoms with Crippen molar-refractivity contribution in [2.45, 2.75) is 19.4 Å². The van der Waals surface area contributed by atoms with E-state index in [2.05, 4.69) is 33.1 Å². The Labute approximate surface area is 129 Å². The average molecular weight is 303 g/mol. The minimum Gasteiger partial charge on any atom is -0.382 e. The maximum Gasteiger partial charge on any atom is 0.147 e. The first-order chi connectivity index (χ1) is 10.2. The van der Waals surface area contributed by atoms with E-state index in [0.29, 0.717) is 11.9 Å². The van der Waals surface area contributed by atoms with Gasteiger partial charge in [0.15, 0.2) is 0 Å². The van der Waals surface area contributed by atoms with Gasteiger partial charge in [-0.15, -0.1) is 0 Å². The van der Waals surface area contributed by atoms with Crippen LogP contribution in [0.5, 0.6) is 0 Å². The second kappa shape index (κ2) is 5.99. The highest BCUT2D eigenvalue weighted by atomic mass is 32.1. The summed E-state index contributed by atoms with van der Waals surface area (Å²) in [6.45, 7) is 5.51. The summed E-state index contributed by atoms with van der Waals surface area (Å²) in [7, 11) is 2.18. The van der Waals surface area contributed by atoms with Crippen molar-refractivity contribution in [3.05, 3.63) is 24.5 Å². The zero-order chi connectivity index (χ0) is 14.8. The van der Waals surface area contributed by atoms with E-state index in [-0.39, 0.29) is 0 Å². The maximum atomic E-state index is 6.13. The molecule has 1 aliphatic heterocycles. The van der Waals surface area contributed by atoms with Crippen LogP contribution < -0.4 is 10.6 Å². The first kappa shape index (κ1) is 14.3. The Hall–Kier alpha value is -1.66. The minimum absolute atomic E-state index is 0.452. The monoisotopic (exact) mass is 303 g/mol. The summed E-state index contributed by atoms with van der Waals surface area (Å²) in [5.74, 6) is 0.604. The predicted molar refractivity (Wildman–Crippen MR) is 88.7 cm³/mol. The highest BCUT2D eigenvalue weighted by Crippen LogP contribution is 2.40. The second-order valence-corrected chi connectivity index (χ2v) is 6.40. The van der Waals surface area contributed by atoms with Gasteiger partial charge in [-0.1, -0.05) is 6.07 Å². The van der Waals surface area contributed by atoms with E-state index in [0.717, 1.165) is 37.2 Å². The molecule has 21 heavy (non-hydrogen) atoms. The minimum atomic E-state index is 0.452. The van der Waals surface area contributed by atoms with E-state index < -0.39 is 0 Å². The lowest BCUT2D eigenvalue weighted by Crippen LogP contribution is -2.37. The van der Waals surface area contributed by atoms with E-state index in [9.17, 15) is 0 Å². The van der Waals surface area contributed by atoms with Crippen LogP contribution in [0.1, 0.15) is 13.3 Å². The number of hydrogen-bond donors (Lipinski definition) is 1. The molecule has 1 fully saturated rings. The number of pyridine rings is 1. The number of rotatable bonds is 2. The van der Waals surface area contributed by atoms with Crippen LogP contribution in [0.4, 0.5) is 10.8 Å². The smallest absolute Gasteiger partial charge is 0.147 e. The number of nitrogens with zero attached hydrogens (tertiary/aromatic N) is 4. The molecule has 0 bridgehead atoms. The Kier molecular flexibility index (Phi) is 4.07. The Bertz CT molecular complexity index is 597. The third-order valence-electron chi connectivity index (χ3n) is 3.96.